The van der Waals surface area contributed by atoms with Crippen molar-refractivity contribution in [1.82, 2.24) is 5.32 Å². The molecule has 172 valence electrons. The molecule has 1 amide bonds. The summed E-state index contributed by atoms with van der Waals surface area (Å²) in [6.07, 6.45) is 1.28. The normalized spacial score (nSPS) is 11.8. The zero-order valence-electron chi connectivity index (χ0n) is 19.2. The number of amides is 1. The summed E-state index contributed by atoms with van der Waals surface area (Å²) in [6.45, 7) is 0.949. The molecule has 4 aromatic carbocycles. The van der Waals surface area contributed by atoms with Crippen molar-refractivity contribution in [2.24, 2.45) is 0 Å². The molecule has 3 nitrogen and oxygen atoms in total. The Morgan fingerprint density at radius 3 is 1.76 bits per heavy atom. The molecule has 0 saturated carbocycles. The highest BCUT2D eigenvalue weighted by Gasteiger charge is 2.18. The first-order chi connectivity index (χ1) is 16.8. The Hall–Kier alpha value is -3.26. The van der Waals surface area contributed by atoms with Gasteiger partial charge in [-0.2, -0.15) is 0 Å². The van der Waals surface area contributed by atoms with Gasteiger partial charge in [-0.05, 0) is 35.8 Å². The van der Waals surface area contributed by atoms with Crippen LogP contribution in [0.2, 0.25) is 0 Å². The second-order valence-electron chi connectivity index (χ2n) is 8.10. The van der Waals surface area contributed by atoms with E-state index in [1.165, 1.54) is 10.6 Å². The third kappa shape index (κ3) is 7.12. The molecule has 0 unspecified atom stereocenters. The lowest BCUT2D eigenvalue weighted by atomic mass is 10.1. The fraction of sp³-hybridized carbons (Fsp3) is 0.167. The van der Waals surface area contributed by atoms with Gasteiger partial charge in [0.25, 0.3) is 0 Å². The summed E-state index contributed by atoms with van der Waals surface area (Å²) < 4.78 is 5.99. The van der Waals surface area contributed by atoms with E-state index >= 15 is 0 Å². The minimum atomic E-state index is -0.596. The number of hydrogen-bond acceptors (Lipinski definition) is 2. The third-order valence-electron chi connectivity index (χ3n) is 5.63. The fourth-order valence-corrected chi connectivity index (χ4v) is 6.18. The molecule has 0 aliphatic heterocycles. The Bertz CT molecular complexity index is 1080. The maximum atomic E-state index is 13.1. The van der Waals surface area contributed by atoms with Gasteiger partial charge in [0.05, 0.1) is 19.3 Å². The van der Waals surface area contributed by atoms with Crippen LogP contribution in [0.15, 0.2) is 121 Å². The molecule has 1 N–H and O–H groups in total. The first-order valence-corrected chi connectivity index (χ1v) is 13.2. The highest BCUT2D eigenvalue weighted by atomic mass is 31.1. The van der Waals surface area contributed by atoms with Crippen molar-refractivity contribution < 1.29 is 9.53 Å². The maximum absolute atomic E-state index is 13.1. The van der Waals surface area contributed by atoms with Crippen molar-refractivity contribution in [2.75, 3.05) is 12.8 Å². The molecule has 0 radical (unpaired) electrons. The molecule has 0 heterocycles. The molecule has 0 saturated heterocycles. The Balaban J connectivity index is 1.40. The van der Waals surface area contributed by atoms with Crippen molar-refractivity contribution >= 4 is 24.4 Å². The summed E-state index contributed by atoms with van der Waals surface area (Å²) in [5.41, 5.74) is 2.18. The molecular weight excluding hydrogens is 437 g/mol. The number of benzene rings is 4. The van der Waals surface area contributed by atoms with Gasteiger partial charge in [0.15, 0.2) is 0 Å². The molecule has 0 aliphatic rings. The van der Waals surface area contributed by atoms with Crippen molar-refractivity contribution in [2.45, 2.75) is 19.1 Å². The van der Waals surface area contributed by atoms with E-state index in [9.17, 15) is 4.79 Å². The predicted octanol–water partition coefficient (Wildman–Crippen LogP) is 5.58. The number of nitrogens with one attached hydrogen (secondary N) is 1. The summed E-state index contributed by atoms with van der Waals surface area (Å²) in [6, 6.07) is 41.0. The highest BCUT2D eigenvalue weighted by Crippen LogP contribution is 2.34. The Kier molecular flexibility index (Phi) is 9.02. The lowest BCUT2D eigenvalue weighted by molar-refractivity contribution is -0.122. The van der Waals surface area contributed by atoms with E-state index in [1.54, 1.807) is 0 Å². The van der Waals surface area contributed by atoms with Gasteiger partial charge in [-0.3, -0.25) is 4.79 Å². The molecule has 0 aromatic heterocycles. The second-order valence-corrected chi connectivity index (χ2v) is 10.4. The second kappa shape index (κ2) is 12.8. The van der Waals surface area contributed by atoms with E-state index in [4.69, 9.17) is 4.74 Å². The smallest absolute Gasteiger partial charge is 0.220 e. The fourth-order valence-electron chi connectivity index (χ4n) is 3.88. The lowest BCUT2D eigenvalue weighted by Gasteiger charge is -2.22. The number of hydrogen-bond donors (Lipinski definition) is 1. The minimum Gasteiger partial charge on any atom is -0.374 e. The van der Waals surface area contributed by atoms with Gasteiger partial charge in [-0.15, -0.1) is 0 Å². The Morgan fingerprint density at radius 2 is 1.21 bits per heavy atom. The average molecular weight is 468 g/mol. The van der Waals surface area contributed by atoms with Crippen molar-refractivity contribution in [3.8, 4) is 0 Å². The van der Waals surface area contributed by atoms with Crippen LogP contribution in [0.5, 0.6) is 0 Å². The molecule has 0 spiro atoms. The standard InChI is InChI=1S/C30H30NO2P/c32-30(21-22-34(27-17-9-3-10-18-27)28-19-11-4-12-20-28)31-29(26-15-7-2-8-16-26)24-33-23-25-13-5-1-6-14-25/h1-20,29H,21-24H2,(H,31,32)/t29-/m0/s1. The van der Waals surface area contributed by atoms with Crippen LogP contribution in [0.1, 0.15) is 23.6 Å². The van der Waals surface area contributed by atoms with Crippen LogP contribution >= 0.6 is 7.92 Å². The molecule has 0 bridgehead atoms. The molecule has 0 fully saturated rings. The Morgan fingerprint density at radius 1 is 0.706 bits per heavy atom. The summed E-state index contributed by atoms with van der Waals surface area (Å²) in [4.78, 5) is 13.1. The SMILES string of the molecule is O=C(CCP(c1ccccc1)c1ccccc1)N[C@@H](COCc1ccccc1)c1ccccc1. The third-order valence-corrected chi connectivity index (χ3v) is 8.15. The zero-order chi connectivity index (χ0) is 23.4. The molecular formula is C30H30NO2P. The van der Waals surface area contributed by atoms with Gasteiger partial charge in [0.1, 0.15) is 0 Å². The minimum absolute atomic E-state index is 0.0523. The van der Waals surface area contributed by atoms with Crippen molar-refractivity contribution in [3.05, 3.63) is 132 Å². The van der Waals surface area contributed by atoms with Gasteiger partial charge < -0.3 is 10.1 Å². The van der Waals surface area contributed by atoms with Crippen LogP contribution in [-0.2, 0) is 16.1 Å². The first kappa shape index (κ1) is 23.9. The van der Waals surface area contributed by atoms with E-state index in [0.29, 0.717) is 19.6 Å². The Labute approximate surface area is 203 Å². The quantitative estimate of drug-likeness (QED) is 0.292. The first-order valence-electron chi connectivity index (χ1n) is 11.6. The molecule has 1 atom stereocenters. The molecule has 4 aromatic rings. The number of carbonyl (C=O) groups excluding carboxylic acids is 1. The van der Waals surface area contributed by atoms with E-state index in [-0.39, 0.29) is 11.9 Å². The molecule has 0 aliphatic carbocycles. The van der Waals surface area contributed by atoms with Gasteiger partial charge in [-0.25, -0.2) is 0 Å². The van der Waals surface area contributed by atoms with Crippen LogP contribution in [0.3, 0.4) is 0 Å². The van der Waals surface area contributed by atoms with Crippen LogP contribution < -0.4 is 15.9 Å². The highest BCUT2D eigenvalue weighted by molar-refractivity contribution is 7.73. The van der Waals surface area contributed by atoms with Crippen LogP contribution in [0.25, 0.3) is 0 Å². The van der Waals surface area contributed by atoms with Gasteiger partial charge in [0, 0.05) is 6.42 Å². The van der Waals surface area contributed by atoms with Gasteiger partial charge >= 0.3 is 0 Å². The summed E-state index contributed by atoms with van der Waals surface area (Å²) >= 11 is 0. The van der Waals surface area contributed by atoms with E-state index < -0.39 is 7.92 Å². The van der Waals surface area contributed by atoms with Crippen LogP contribution in [0, 0.1) is 0 Å². The zero-order valence-corrected chi connectivity index (χ0v) is 20.1. The van der Waals surface area contributed by atoms with Gasteiger partial charge in [-0.1, -0.05) is 121 Å². The van der Waals surface area contributed by atoms with Crippen LogP contribution in [0.4, 0.5) is 0 Å². The van der Waals surface area contributed by atoms with Gasteiger partial charge in [0.2, 0.25) is 5.91 Å². The molecule has 4 rings (SSSR count). The van der Waals surface area contributed by atoms with E-state index in [1.807, 2.05) is 72.8 Å². The molecule has 4 heteroatoms. The number of ether oxygens (including phenoxy) is 1. The van der Waals surface area contributed by atoms with E-state index in [2.05, 4.69) is 53.8 Å². The summed E-state index contributed by atoms with van der Waals surface area (Å²) in [7, 11) is -0.596. The number of carbonyl (C=O) groups is 1. The predicted molar refractivity (Wildman–Crippen MR) is 142 cm³/mol. The monoisotopic (exact) mass is 467 g/mol. The topological polar surface area (TPSA) is 38.3 Å². The number of rotatable bonds is 11. The maximum Gasteiger partial charge on any atom is 0.220 e. The van der Waals surface area contributed by atoms with Crippen molar-refractivity contribution in [1.29, 1.82) is 0 Å². The van der Waals surface area contributed by atoms with Crippen LogP contribution in [-0.4, -0.2) is 18.7 Å². The molecule has 34 heavy (non-hydrogen) atoms. The lowest BCUT2D eigenvalue weighted by Crippen LogP contribution is -2.32. The van der Waals surface area contributed by atoms with Crippen molar-refractivity contribution in [3.63, 3.8) is 0 Å². The summed E-state index contributed by atoms with van der Waals surface area (Å²) in [5, 5.41) is 5.81. The van der Waals surface area contributed by atoms with E-state index in [0.717, 1.165) is 17.3 Å². The largest absolute Gasteiger partial charge is 0.374 e. The summed E-state index contributed by atoms with van der Waals surface area (Å²) in [5.74, 6) is 0.0523. The average Bonchev–Trinajstić information content (AvgIpc) is 2.90.